The molecular formula is C25H19F2N3O6S. The van der Waals surface area contributed by atoms with Gasteiger partial charge >= 0.3 is 6.29 Å². The number of ether oxygens (including phenoxy) is 3. The summed E-state index contributed by atoms with van der Waals surface area (Å²) in [6, 6.07) is 11.4. The molecule has 2 atom stereocenters. The monoisotopic (exact) mass is 527 g/mol. The number of thioether (sulfide) groups is 1. The maximum atomic E-state index is 14.1. The lowest BCUT2D eigenvalue weighted by molar-refractivity contribution is -0.286. The second-order valence-electron chi connectivity index (χ2n) is 9.01. The molecule has 0 spiro atoms. The molecule has 1 amide bonds. The normalized spacial score (nSPS) is 23.0. The van der Waals surface area contributed by atoms with Gasteiger partial charge in [0, 0.05) is 35.0 Å². The van der Waals surface area contributed by atoms with E-state index in [0.717, 1.165) is 10.5 Å². The summed E-state index contributed by atoms with van der Waals surface area (Å²) in [5, 5.41) is 12.5. The van der Waals surface area contributed by atoms with Crippen LogP contribution >= 0.6 is 11.8 Å². The Morgan fingerprint density at radius 3 is 2.76 bits per heavy atom. The number of aromatic nitrogens is 1. The van der Waals surface area contributed by atoms with E-state index in [-0.39, 0.29) is 30.3 Å². The van der Waals surface area contributed by atoms with Gasteiger partial charge in [0.25, 0.3) is 5.91 Å². The highest BCUT2D eigenvalue weighted by molar-refractivity contribution is 7.98. The number of fused-ring (bicyclic) bond motifs is 6. The molecule has 0 unspecified atom stereocenters. The lowest BCUT2D eigenvalue weighted by Gasteiger charge is -2.51. The molecule has 1 aromatic heterocycles. The van der Waals surface area contributed by atoms with Gasteiger partial charge in [-0.2, -0.15) is 0 Å². The first-order valence-electron chi connectivity index (χ1n) is 11.6. The molecule has 12 heteroatoms. The minimum atomic E-state index is -3.78. The SMILES string of the molecule is O=C1c2c(O)c(=O)ccn2N([C@@H]2c3ccccc3SCc3c2ccc2c3OC(F)(F)O2)[C@@H]2COCCN12. The second kappa shape index (κ2) is 7.86. The number of benzene rings is 2. The van der Waals surface area contributed by atoms with Crippen LogP contribution in [0, 0.1) is 0 Å². The molecule has 0 radical (unpaired) electrons. The lowest BCUT2D eigenvalue weighted by Crippen LogP contribution is -2.66. The van der Waals surface area contributed by atoms with E-state index in [9.17, 15) is 23.5 Å². The molecule has 0 aliphatic carbocycles. The predicted octanol–water partition coefficient (Wildman–Crippen LogP) is 3.02. The number of carbonyl (C=O) groups is 1. The standard InChI is InChI=1S/C25H19F2N3O6S/c26-25(27)35-17-6-5-13-15(23(17)36-25)12-37-18-4-2-1-3-14(18)20(13)30-19-11-34-10-9-28(19)24(33)21-22(32)16(31)7-8-29(21)30/h1-8,19-20,32H,9-12H2/t19-,20+/m1/s1. The van der Waals surface area contributed by atoms with Gasteiger partial charge < -0.3 is 24.2 Å². The molecule has 4 aliphatic heterocycles. The van der Waals surface area contributed by atoms with Crippen molar-refractivity contribution in [3.05, 3.63) is 81.3 Å². The van der Waals surface area contributed by atoms with Gasteiger partial charge in [0.05, 0.1) is 19.3 Å². The molecule has 1 N–H and O–H groups in total. The summed E-state index contributed by atoms with van der Waals surface area (Å²) in [5.74, 6) is -0.871. The third-order valence-electron chi connectivity index (χ3n) is 7.03. The van der Waals surface area contributed by atoms with Gasteiger partial charge in [0.15, 0.2) is 22.9 Å². The summed E-state index contributed by atoms with van der Waals surface area (Å²) in [5.41, 5.74) is 1.23. The maximum absolute atomic E-state index is 14.1. The summed E-state index contributed by atoms with van der Waals surface area (Å²) in [6.07, 6.45) is -2.93. The Morgan fingerprint density at radius 2 is 1.89 bits per heavy atom. The first kappa shape index (κ1) is 22.4. The van der Waals surface area contributed by atoms with E-state index < -0.39 is 35.6 Å². The topological polar surface area (TPSA) is 93.5 Å². The Hall–Kier alpha value is -3.77. The van der Waals surface area contributed by atoms with Gasteiger partial charge in [-0.1, -0.05) is 24.3 Å². The van der Waals surface area contributed by atoms with Crippen molar-refractivity contribution in [1.82, 2.24) is 9.58 Å². The third-order valence-corrected chi connectivity index (χ3v) is 8.15. The Morgan fingerprint density at radius 1 is 1.05 bits per heavy atom. The van der Waals surface area contributed by atoms with Gasteiger partial charge in [-0.15, -0.1) is 20.5 Å². The molecule has 0 bridgehead atoms. The van der Waals surface area contributed by atoms with Crippen LogP contribution in [0.5, 0.6) is 17.2 Å². The molecule has 5 heterocycles. The van der Waals surface area contributed by atoms with E-state index >= 15 is 0 Å². The fourth-order valence-electron chi connectivity index (χ4n) is 5.46. The van der Waals surface area contributed by atoms with E-state index in [1.54, 1.807) is 11.0 Å². The number of amides is 1. The van der Waals surface area contributed by atoms with Crippen molar-refractivity contribution in [2.45, 2.75) is 29.2 Å². The van der Waals surface area contributed by atoms with Crippen LogP contribution in [0.15, 0.2) is 58.4 Å². The van der Waals surface area contributed by atoms with Gasteiger partial charge in [0.2, 0.25) is 5.43 Å². The number of aromatic hydroxyl groups is 1. The fourth-order valence-corrected chi connectivity index (χ4v) is 6.58. The molecule has 9 nitrogen and oxygen atoms in total. The van der Waals surface area contributed by atoms with E-state index in [4.69, 9.17) is 14.2 Å². The quantitative estimate of drug-likeness (QED) is 0.517. The molecule has 1 fully saturated rings. The second-order valence-corrected chi connectivity index (χ2v) is 10.0. The van der Waals surface area contributed by atoms with Crippen molar-refractivity contribution in [1.29, 1.82) is 0 Å². The van der Waals surface area contributed by atoms with Crippen LogP contribution in [-0.2, 0) is 10.5 Å². The zero-order valence-corrected chi connectivity index (χ0v) is 19.9. The number of hydrogen-bond donors (Lipinski definition) is 1. The van der Waals surface area contributed by atoms with Gasteiger partial charge in [-0.3, -0.25) is 19.3 Å². The third kappa shape index (κ3) is 3.25. The number of rotatable bonds is 1. The Balaban J connectivity index is 1.51. The van der Waals surface area contributed by atoms with Crippen LogP contribution in [0.1, 0.15) is 33.2 Å². The van der Waals surface area contributed by atoms with E-state index in [2.05, 4.69) is 0 Å². The van der Waals surface area contributed by atoms with Crippen molar-refractivity contribution in [3.8, 4) is 17.2 Å². The van der Waals surface area contributed by atoms with Crippen LogP contribution < -0.4 is 19.9 Å². The number of nitrogens with zero attached hydrogens (tertiary/aromatic N) is 3. The summed E-state index contributed by atoms with van der Waals surface area (Å²) in [7, 11) is 0. The molecule has 0 saturated carbocycles. The Kier molecular flexibility index (Phi) is 4.77. The number of alkyl halides is 2. The molecule has 3 aromatic rings. The summed E-state index contributed by atoms with van der Waals surface area (Å²) >= 11 is 1.48. The minimum Gasteiger partial charge on any atom is -0.502 e. The molecule has 4 aliphatic rings. The Bertz CT molecular complexity index is 1530. The number of pyridine rings is 1. The van der Waals surface area contributed by atoms with Gasteiger partial charge in [-0.05, 0) is 23.3 Å². The average Bonchev–Trinajstić information content (AvgIpc) is 3.11. The number of hydrogen-bond acceptors (Lipinski definition) is 8. The van der Waals surface area contributed by atoms with Crippen molar-refractivity contribution >= 4 is 17.7 Å². The molecule has 37 heavy (non-hydrogen) atoms. The number of morpholine rings is 1. The van der Waals surface area contributed by atoms with Crippen molar-refractivity contribution in [2.24, 2.45) is 0 Å². The highest BCUT2D eigenvalue weighted by atomic mass is 32.2. The number of carbonyl (C=O) groups excluding carboxylic acids is 1. The van der Waals surface area contributed by atoms with E-state index in [0.29, 0.717) is 23.5 Å². The van der Waals surface area contributed by atoms with Crippen LogP contribution in [0.2, 0.25) is 0 Å². The van der Waals surface area contributed by atoms with Crippen molar-refractivity contribution in [3.63, 3.8) is 0 Å². The number of halogens is 2. The first-order chi connectivity index (χ1) is 17.8. The van der Waals surface area contributed by atoms with Crippen molar-refractivity contribution in [2.75, 3.05) is 24.8 Å². The first-order valence-corrected chi connectivity index (χ1v) is 12.6. The lowest BCUT2D eigenvalue weighted by atomic mass is 9.92. The van der Waals surface area contributed by atoms with Crippen LogP contribution in [-0.4, -0.2) is 52.8 Å². The predicted molar refractivity (Wildman–Crippen MR) is 127 cm³/mol. The molecule has 1 saturated heterocycles. The van der Waals surface area contributed by atoms with Crippen LogP contribution in [0.25, 0.3) is 0 Å². The summed E-state index contributed by atoms with van der Waals surface area (Å²) in [4.78, 5) is 28.3. The molecule has 190 valence electrons. The highest BCUT2D eigenvalue weighted by Crippen LogP contribution is 2.52. The fraction of sp³-hybridized carbons (Fsp3) is 0.280. The summed E-state index contributed by atoms with van der Waals surface area (Å²) in [6.45, 7) is 0.725. The van der Waals surface area contributed by atoms with Gasteiger partial charge in [-0.25, -0.2) is 0 Å². The maximum Gasteiger partial charge on any atom is 0.586 e. The zero-order chi connectivity index (χ0) is 25.5. The van der Waals surface area contributed by atoms with Crippen molar-refractivity contribution < 1.29 is 32.9 Å². The highest BCUT2D eigenvalue weighted by Gasteiger charge is 2.49. The molecule has 7 rings (SSSR count). The van der Waals surface area contributed by atoms with Crippen LogP contribution in [0.3, 0.4) is 0 Å². The minimum absolute atomic E-state index is 0.0272. The largest absolute Gasteiger partial charge is 0.586 e. The van der Waals surface area contributed by atoms with Crippen LogP contribution in [0.4, 0.5) is 8.78 Å². The molecular weight excluding hydrogens is 508 g/mol. The van der Waals surface area contributed by atoms with Gasteiger partial charge in [0.1, 0.15) is 6.17 Å². The summed E-state index contributed by atoms with van der Waals surface area (Å²) < 4.78 is 45.1. The smallest absolute Gasteiger partial charge is 0.502 e. The van der Waals surface area contributed by atoms with E-state index in [1.807, 2.05) is 29.3 Å². The average molecular weight is 528 g/mol. The molecule has 2 aromatic carbocycles. The van der Waals surface area contributed by atoms with E-state index in [1.165, 1.54) is 34.8 Å². The zero-order valence-electron chi connectivity index (χ0n) is 19.1. The Labute approximate surface area is 212 Å².